The van der Waals surface area contributed by atoms with E-state index >= 15 is 0 Å². The Kier molecular flexibility index (Phi) is 4.14. The second-order valence-electron chi connectivity index (χ2n) is 5.00. The van der Waals surface area contributed by atoms with Crippen LogP contribution in [0.5, 0.6) is 0 Å². The van der Waals surface area contributed by atoms with E-state index in [1.54, 1.807) is 12.4 Å². The molecule has 102 valence electrons. The van der Waals surface area contributed by atoms with Gasteiger partial charge in [0.25, 0.3) is 0 Å². The van der Waals surface area contributed by atoms with Gasteiger partial charge in [-0.25, -0.2) is 4.79 Å². The molecule has 1 aromatic heterocycles. The molecule has 1 heterocycles. The van der Waals surface area contributed by atoms with Gasteiger partial charge in [-0.05, 0) is 30.9 Å². The number of rotatable bonds is 5. The summed E-state index contributed by atoms with van der Waals surface area (Å²) in [5, 5.41) is 12.0. The number of carboxylic acid groups (broad SMARTS) is 1. The molecule has 0 atom stereocenters. The van der Waals surface area contributed by atoms with Crippen LogP contribution < -0.4 is 5.32 Å². The van der Waals surface area contributed by atoms with Crippen LogP contribution in [-0.4, -0.2) is 27.5 Å². The lowest BCUT2D eigenvalue weighted by atomic mass is 9.97. The molecule has 0 bridgehead atoms. The number of nitrogens with zero attached hydrogens (tertiary/aromatic N) is 1. The van der Waals surface area contributed by atoms with Gasteiger partial charge in [0.2, 0.25) is 5.91 Å². The minimum absolute atomic E-state index is 0.201. The Morgan fingerprint density at radius 1 is 1.37 bits per heavy atom. The quantitative estimate of drug-likeness (QED) is 0.843. The van der Waals surface area contributed by atoms with E-state index in [0.717, 1.165) is 18.4 Å². The number of amides is 1. The van der Waals surface area contributed by atoms with E-state index in [0.29, 0.717) is 25.7 Å². The maximum atomic E-state index is 11.9. The summed E-state index contributed by atoms with van der Waals surface area (Å²) in [6.45, 7) is 0. The zero-order valence-corrected chi connectivity index (χ0v) is 10.8. The molecule has 0 saturated heterocycles. The molecule has 1 aliphatic carbocycles. The highest BCUT2D eigenvalue weighted by Crippen LogP contribution is 2.30. The lowest BCUT2D eigenvalue weighted by molar-refractivity contribution is -0.147. The van der Waals surface area contributed by atoms with E-state index in [-0.39, 0.29) is 5.91 Å². The summed E-state index contributed by atoms with van der Waals surface area (Å²) in [7, 11) is 0. The Morgan fingerprint density at radius 2 is 2.11 bits per heavy atom. The molecule has 0 aliphatic heterocycles. The summed E-state index contributed by atoms with van der Waals surface area (Å²) < 4.78 is 0. The fourth-order valence-corrected chi connectivity index (χ4v) is 2.50. The van der Waals surface area contributed by atoms with Crippen LogP contribution in [0.4, 0.5) is 0 Å². The molecule has 1 aliphatic rings. The monoisotopic (exact) mass is 262 g/mol. The first-order valence-electron chi connectivity index (χ1n) is 6.56. The van der Waals surface area contributed by atoms with Crippen molar-refractivity contribution in [2.45, 2.75) is 44.1 Å². The van der Waals surface area contributed by atoms with Gasteiger partial charge in [0.1, 0.15) is 5.54 Å². The van der Waals surface area contributed by atoms with Gasteiger partial charge in [0.05, 0.1) is 0 Å². The summed E-state index contributed by atoms with van der Waals surface area (Å²) in [4.78, 5) is 27.2. The van der Waals surface area contributed by atoms with Crippen molar-refractivity contribution in [3.63, 3.8) is 0 Å². The van der Waals surface area contributed by atoms with Crippen molar-refractivity contribution >= 4 is 11.9 Å². The largest absolute Gasteiger partial charge is 0.480 e. The third kappa shape index (κ3) is 3.30. The summed E-state index contributed by atoms with van der Waals surface area (Å²) in [6.07, 6.45) is 7.04. The van der Waals surface area contributed by atoms with Crippen LogP contribution in [0, 0.1) is 0 Å². The molecule has 0 spiro atoms. The van der Waals surface area contributed by atoms with Crippen LogP contribution in [0.2, 0.25) is 0 Å². The topological polar surface area (TPSA) is 79.3 Å². The molecular weight excluding hydrogens is 244 g/mol. The fourth-order valence-electron chi connectivity index (χ4n) is 2.50. The molecule has 1 saturated carbocycles. The number of hydrogen-bond donors (Lipinski definition) is 2. The standard InChI is InChI=1S/C14H18N2O3/c17-12(6-5-11-4-3-9-15-10-11)16-14(13(18)19)7-1-2-8-14/h3-4,9-10H,1-2,5-8H2,(H,16,17)(H,18,19). The lowest BCUT2D eigenvalue weighted by Crippen LogP contribution is -2.52. The van der Waals surface area contributed by atoms with Crippen molar-refractivity contribution in [1.82, 2.24) is 10.3 Å². The normalized spacial score (nSPS) is 17.1. The van der Waals surface area contributed by atoms with Gasteiger partial charge in [-0.3, -0.25) is 9.78 Å². The molecule has 0 unspecified atom stereocenters. The molecule has 5 heteroatoms. The number of aromatic nitrogens is 1. The second kappa shape index (κ2) is 5.82. The van der Waals surface area contributed by atoms with Crippen molar-refractivity contribution in [2.24, 2.45) is 0 Å². The van der Waals surface area contributed by atoms with Crippen LogP contribution in [-0.2, 0) is 16.0 Å². The van der Waals surface area contributed by atoms with Gasteiger partial charge in [-0.15, -0.1) is 0 Å². The van der Waals surface area contributed by atoms with Crippen molar-refractivity contribution in [3.05, 3.63) is 30.1 Å². The zero-order valence-electron chi connectivity index (χ0n) is 10.8. The van der Waals surface area contributed by atoms with Crippen LogP contribution in [0.1, 0.15) is 37.7 Å². The van der Waals surface area contributed by atoms with Crippen molar-refractivity contribution in [1.29, 1.82) is 0 Å². The number of aliphatic carboxylic acids is 1. The van der Waals surface area contributed by atoms with Crippen molar-refractivity contribution < 1.29 is 14.7 Å². The summed E-state index contributed by atoms with van der Waals surface area (Å²) in [5.74, 6) is -1.12. The van der Waals surface area contributed by atoms with E-state index in [9.17, 15) is 14.7 Å². The molecule has 5 nitrogen and oxygen atoms in total. The minimum Gasteiger partial charge on any atom is -0.480 e. The van der Waals surface area contributed by atoms with E-state index in [1.165, 1.54) is 0 Å². The maximum absolute atomic E-state index is 11.9. The first-order chi connectivity index (χ1) is 9.12. The molecule has 1 fully saturated rings. The maximum Gasteiger partial charge on any atom is 0.329 e. The van der Waals surface area contributed by atoms with E-state index in [2.05, 4.69) is 10.3 Å². The Bertz CT molecular complexity index is 453. The van der Waals surface area contributed by atoms with E-state index in [4.69, 9.17) is 0 Å². The third-order valence-electron chi connectivity index (χ3n) is 3.61. The van der Waals surface area contributed by atoms with E-state index in [1.807, 2.05) is 12.1 Å². The lowest BCUT2D eigenvalue weighted by Gasteiger charge is -2.25. The number of nitrogens with one attached hydrogen (secondary N) is 1. The van der Waals surface area contributed by atoms with Gasteiger partial charge >= 0.3 is 5.97 Å². The second-order valence-corrected chi connectivity index (χ2v) is 5.00. The summed E-state index contributed by atoms with van der Waals surface area (Å²) >= 11 is 0. The fraction of sp³-hybridized carbons (Fsp3) is 0.500. The van der Waals surface area contributed by atoms with Crippen LogP contribution in [0.15, 0.2) is 24.5 Å². The predicted molar refractivity (Wildman–Crippen MR) is 69.5 cm³/mol. The van der Waals surface area contributed by atoms with Crippen molar-refractivity contribution in [2.75, 3.05) is 0 Å². The number of hydrogen-bond acceptors (Lipinski definition) is 3. The van der Waals surface area contributed by atoms with Crippen LogP contribution >= 0.6 is 0 Å². The number of carbonyl (C=O) groups excluding carboxylic acids is 1. The molecule has 0 aromatic carbocycles. The molecule has 0 radical (unpaired) electrons. The highest BCUT2D eigenvalue weighted by Gasteiger charge is 2.42. The van der Waals surface area contributed by atoms with Crippen LogP contribution in [0.25, 0.3) is 0 Å². The van der Waals surface area contributed by atoms with Gasteiger partial charge in [0.15, 0.2) is 0 Å². The van der Waals surface area contributed by atoms with Gasteiger partial charge < -0.3 is 10.4 Å². The zero-order chi connectivity index (χ0) is 13.7. The number of carbonyl (C=O) groups is 2. The minimum atomic E-state index is -1.04. The van der Waals surface area contributed by atoms with Gasteiger partial charge in [0, 0.05) is 18.8 Å². The average molecular weight is 262 g/mol. The smallest absolute Gasteiger partial charge is 0.329 e. The first-order valence-corrected chi connectivity index (χ1v) is 6.56. The Balaban J connectivity index is 1.88. The third-order valence-corrected chi connectivity index (χ3v) is 3.61. The van der Waals surface area contributed by atoms with Gasteiger partial charge in [-0.2, -0.15) is 0 Å². The highest BCUT2D eigenvalue weighted by atomic mass is 16.4. The molecular formula is C14H18N2O3. The van der Waals surface area contributed by atoms with Gasteiger partial charge in [-0.1, -0.05) is 18.9 Å². The first kappa shape index (κ1) is 13.5. The number of carboxylic acids is 1. The number of aryl methyl sites for hydroxylation is 1. The molecule has 1 aromatic rings. The van der Waals surface area contributed by atoms with Crippen LogP contribution in [0.3, 0.4) is 0 Å². The SMILES string of the molecule is O=C(CCc1cccnc1)NC1(C(=O)O)CCCC1. The number of pyridine rings is 1. The molecule has 2 rings (SSSR count). The molecule has 19 heavy (non-hydrogen) atoms. The summed E-state index contributed by atoms with van der Waals surface area (Å²) in [6, 6.07) is 3.73. The Labute approximate surface area is 112 Å². The Hall–Kier alpha value is -1.91. The summed E-state index contributed by atoms with van der Waals surface area (Å²) in [5.41, 5.74) is -0.0556. The molecule has 1 amide bonds. The average Bonchev–Trinajstić information content (AvgIpc) is 2.87. The van der Waals surface area contributed by atoms with E-state index < -0.39 is 11.5 Å². The molecule has 2 N–H and O–H groups in total. The Morgan fingerprint density at radius 3 is 2.68 bits per heavy atom. The predicted octanol–water partition coefficient (Wildman–Crippen LogP) is 1.53. The highest BCUT2D eigenvalue weighted by molar-refractivity contribution is 5.87. The van der Waals surface area contributed by atoms with Crippen molar-refractivity contribution in [3.8, 4) is 0 Å².